The van der Waals surface area contributed by atoms with Crippen LogP contribution in [-0.4, -0.2) is 65.8 Å². The predicted octanol–water partition coefficient (Wildman–Crippen LogP) is 2.96. The molecule has 2 fully saturated rings. The number of carbonyl (C=O) groups is 2. The van der Waals surface area contributed by atoms with Gasteiger partial charge in [0.05, 0.1) is 5.57 Å². The molecule has 28 heavy (non-hydrogen) atoms. The maximum absolute atomic E-state index is 13.5. The highest BCUT2D eigenvalue weighted by atomic mass is 16.2. The van der Waals surface area contributed by atoms with E-state index in [0.717, 1.165) is 63.0 Å². The van der Waals surface area contributed by atoms with Crippen LogP contribution in [0.1, 0.15) is 48.8 Å². The maximum atomic E-state index is 13.5. The van der Waals surface area contributed by atoms with Crippen LogP contribution >= 0.6 is 0 Å². The zero-order valence-corrected chi connectivity index (χ0v) is 17.3. The Morgan fingerprint density at radius 1 is 0.857 bits per heavy atom. The van der Waals surface area contributed by atoms with Gasteiger partial charge in [0.2, 0.25) is 0 Å². The Labute approximate surface area is 168 Å². The van der Waals surface area contributed by atoms with Gasteiger partial charge in [0.15, 0.2) is 0 Å². The van der Waals surface area contributed by atoms with Crippen LogP contribution in [0.3, 0.4) is 0 Å². The molecule has 0 unspecified atom stereocenters. The van der Waals surface area contributed by atoms with Crippen molar-refractivity contribution in [3.05, 3.63) is 40.6 Å². The van der Waals surface area contributed by atoms with Gasteiger partial charge >= 0.3 is 0 Å². The molecule has 1 aromatic carbocycles. The molecule has 1 saturated heterocycles. The fraction of sp³-hybridized carbons (Fsp3) is 0.565. The third kappa shape index (κ3) is 3.37. The van der Waals surface area contributed by atoms with Gasteiger partial charge in [-0.25, -0.2) is 0 Å². The smallest absolute Gasteiger partial charge is 0.278 e. The number of hydrogen-bond acceptors (Lipinski definition) is 4. The minimum absolute atomic E-state index is 0.0558. The zero-order chi connectivity index (χ0) is 19.8. The van der Waals surface area contributed by atoms with E-state index in [1.165, 1.54) is 12.0 Å². The lowest BCUT2D eigenvalue weighted by atomic mass is 9.94. The third-order valence-corrected chi connectivity index (χ3v) is 6.65. The number of nitrogens with zero attached hydrogens (tertiary/aromatic N) is 3. The fourth-order valence-electron chi connectivity index (χ4n) is 4.69. The highest BCUT2D eigenvalue weighted by molar-refractivity contribution is 6.35. The van der Waals surface area contributed by atoms with Crippen LogP contribution in [0.4, 0.5) is 0 Å². The number of benzene rings is 1. The van der Waals surface area contributed by atoms with E-state index in [1.807, 2.05) is 6.07 Å². The van der Waals surface area contributed by atoms with E-state index in [-0.39, 0.29) is 17.9 Å². The molecule has 5 nitrogen and oxygen atoms in total. The van der Waals surface area contributed by atoms with Gasteiger partial charge < -0.3 is 9.80 Å². The summed E-state index contributed by atoms with van der Waals surface area (Å²) in [6, 6.07) is 6.18. The number of piperazine rings is 1. The second kappa shape index (κ2) is 7.70. The standard InChI is InChI=1S/C23H31N3O2/c1-16-9-10-18(15-17(16)2)20-21(25-13-11-24(3)12-14-25)23(28)26(22(20)27)19-7-5-4-6-8-19/h9-10,15,19H,4-8,11-14H2,1-3H3. The number of carbonyl (C=O) groups excluding carboxylic acids is 2. The number of likely N-dealkylation sites (N-methyl/N-ethyl adjacent to an activating group) is 1. The summed E-state index contributed by atoms with van der Waals surface area (Å²) in [6.07, 6.45) is 5.28. The fourth-order valence-corrected chi connectivity index (χ4v) is 4.69. The summed E-state index contributed by atoms with van der Waals surface area (Å²) in [5.74, 6) is -0.163. The van der Waals surface area contributed by atoms with Crippen molar-refractivity contribution in [2.45, 2.75) is 52.0 Å². The molecule has 1 saturated carbocycles. The van der Waals surface area contributed by atoms with Crippen LogP contribution in [-0.2, 0) is 9.59 Å². The summed E-state index contributed by atoms with van der Waals surface area (Å²) >= 11 is 0. The highest BCUT2D eigenvalue weighted by Gasteiger charge is 2.45. The number of aryl methyl sites for hydroxylation is 2. The van der Waals surface area contributed by atoms with Crippen LogP contribution < -0.4 is 0 Å². The van der Waals surface area contributed by atoms with E-state index in [1.54, 1.807) is 4.90 Å². The third-order valence-electron chi connectivity index (χ3n) is 6.65. The SMILES string of the molecule is Cc1ccc(C2=C(N3CCN(C)CC3)C(=O)N(C3CCCCC3)C2=O)cc1C. The minimum atomic E-state index is -0.0888. The number of amides is 2. The van der Waals surface area contributed by atoms with Crippen molar-refractivity contribution in [1.29, 1.82) is 0 Å². The van der Waals surface area contributed by atoms with Crippen molar-refractivity contribution in [1.82, 2.24) is 14.7 Å². The first-order chi connectivity index (χ1) is 13.5. The van der Waals surface area contributed by atoms with Gasteiger partial charge in [-0.1, -0.05) is 37.5 Å². The number of imide groups is 1. The molecule has 0 atom stereocenters. The van der Waals surface area contributed by atoms with Gasteiger partial charge in [-0.2, -0.15) is 0 Å². The first-order valence-corrected chi connectivity index (χ1v) is 10.6. The first kappa shape index (κ1) is 19.2. The van der Waals surface area contributed by atoms with Gasteiger partial charge in [0, 0.05) is 32.2 Å². The lowest BCUT2D eigenvalue weighted by Crippen LogP contribution is -2.47. The van der Waals surface area contributed by atoms with E-state index >= 15 is 0 Å². The Morgan fingerprint density at radius 3 is 2.18 bits per heavy atom. The highest BCUT2D eigenvalue weighted by Crippen LogP contribution is 2.36. The molecule has 0 radical (unpaired) electrons. The summed E-state index contributed by atoms with van der Waals surface area (Å²) < 4.78 is 0. The number of hydrogen-bond donors (Lipinski definition) is 0. The average molecular weight is 382 g/mol. The predicted molar refractivity (Wildman–Crippen MR) is 111 cm³/mol. The molecule has 150 valence electrons. The van der Waals surface area contributed by atoms with Crippen LogP contribution in [0.25, 0.3) is 5.57 Å². The van der Waals surface area contributed by atoms with Gasteiger partial charge in [-0.3, -0.25) is 14.5 Å². The van der Waals surface area contributed by atoms with Crippen molar-refractivity contribution in [2.24, 2.45) is 0 Å². The van der Waals surface area contributed by atoms with Crippen molar-refractivity contribution in [2.75, 3.05) is 33.2 Å². The quantitative estimate of drug-likeness (QED) is 0.755. The monoisotopic (exact) mass is 381 g/mol. The molecule has 2 amide bonds. The summed E-state index contributed by atoms with van der Waals surface area (Å²) in [7, 11) is 2.10. The van der Waals surface area contributed by atoms with E-state index in [0.29, 0.717) is 11.3 Å². The van der Waals surface area contributed by atoms with E-state index in [9.17, 15) is 9.59 Å². The van der Waals surface area contributed by atoms with Crippen LogP contribution in [0.5, 0.6) is 0 Å². The zero-order valence-electron chi connectivity index (χ0n) is 17.3. The molecular formula is C23H31N3O2. The minimum Gasteiger partial charge on any atom is -0.364 e. The van der Waals surface area contributed by atoms with Crippen LogP contribution in [0.2, 0.25) is 0 Å². The Morgan fingerprint density at radius 2 is 1.54 bits per heavy atom. The second-order valence-corrected chi connectivity index (χ2v) is 8.59. The topological polar surface area (TPSA) is 43.9 Å². The molecular weight excluding hydrogens is 350 g/mol. The van der Waals surface area contributed by atoms with Gasteiger partial charge in [-0.05, 0) is 50.4 Å². The van der Waals surface area contributed by atoms with Crippen molar-refractivity contribution < 1.29 is 9.59 Å². The van der Waals surface area contributed by atoms with Crippen molar-refractivity contribution in [3.8, 4) is 0 Å². The molecule has 3 aliphatic rings. The summed E-state index contributed by atoms with van der Waals surface area (Å²) in [5.41, 5.74) is 4.48. The molecule has 0 N–H and O–H groups in total. The van der Waals surface area contributed by atoms with Crippen molar-refractivity contribution in [3.63, 3.8) is 0 Å². The Balaban J connectivity index is 1.76. The second-order valence-electron chi connectivity index (χ2n) is 8.59. The Kier molecular flexibility index (Phi) is 5.28. The summed E-state index contributed by atoms with van der Waals surface area (Å²) in [4.78, 5) is 33.1. The molecule has 2 aliphatic heterocycles. The molecule has 5 heteroatoms. The first-order valence-electron chi connectivity index (χ1n) is 10.6. The lowest BCUT2D eigenvalue weighted by molar-refractivity contribution is -0.141. The summed E-state index contributed by atoms with van der Waals surface area (Å²) in [6.45, 7) is 7.54. The Hall–Kier alpha value is -2.14. The van der Waals surface area contributed by atoms with Crippen molar-refractivity contribution >= 4 is 17.4 Å². The van der Waals surface area contributed by atoms with Crippen LogP contribution in [0.15, 0.2) is 23.9 Å². The molecule has 4 rings (SSSR count). The molecule has 0 aromatic heterocycles. The molecule has 1 aromatic rings. The maximum Gasteiger partial charge on any atom is 0.278 e. The average Bonchev–Trinajstić information content (AvgIpc) is 2.96. The molecule has 2 heterocycles. The van der Waals surface area contributed by atoms with Gasteiger partial charge in [0.1, 0.15) is 5.70 Å². The van der Waals surface area contributed by atoms with Crippen LogP contribution in [0, 0.1) is 13.8 Å². The summed E-state index contributed by atoms with van der Waals surface area (Å²) in [5, 5.41) is 0. The van der Waals surface area contributed by atoms with E-state index < -0.39 is 0 Å². The molecule has 0 bridgehead atoms. The molecule has 1 aliphatic carbocycles. The van der Waals surface area contributed by atoms with E-state index in [2.05, 4.69) is 42.8 Å². The van der Waals surface area contributed by atoms with Gasteiger partial charge in [-0.15, -0.1) is 0 Å². The normalized spacial score (nSPS) is 22.5. The van der Waals surface area contributed by atoms with Gasteiger partial charge in [0.25, 0.3) is 11.8 Å². The number of rotatable bonds is 3. The largest absolute Gasteiger partial charge is 0.364 e. The van der Waals surface area contributed by atoms with E-state index in [4.69, 9.17) is 0 Å². The lowest BCUT2D eigenvalue weighted by Gasteiger charge is -2.35. The Bertz CT molecular complexity index is 815. The molecule has 0 spiro atoms.